The summed E-state index contributed by atoms with van der Waals surface area (Å²) in [4.78, 5) is 4.70. The Bertz CT molecular complexity index is 1540. The SMILES string of the molecule is CC(C#N)c1ccc2ccn(Cc3cccc(/C=C/c4ccc5ccc(Cl)cc5n4)c3)c2c1. The van der Waals surface area contributed by atoms with E-state index in [-0.39, 0.29) is 5.92 Å². The van der Waals surface area contributed by atoms with Gasteiger partial charge in [-0.2, -0.15) is 5.26 Å². The normalized spacial score (nSPS) is 12.4. The first-order valence-electron chi connectivity index (χ1n) is 10.9. The second-order valence-electron chi connectivity index (χ2n) is 8.26. The minimum absolute atomic E-state index is 0.119. The number of pyridine rings is 1. The van der Waals surface area contributed by atoms with Gasteiger partial charge in [-0.15, -0.1) is 0 Å². The number of nitrogens with zero attached hydrogens (tertiary/aromatic N) is 3. The van der Waals surface area contributed by atoms with Gasteiger partial charge in [0.1, 0.15) is 0 Å². The zero-order valence-corrected chi connectivity index (χ0v) is 19.0. The maximum Gasteiger partial charge on any atom is 0.0724 e. The van der Waals surface area contributed by atoms with Crippen molar-refractivity contribution in [2.24, 2.45) is 0 Å². The third kappa shape index (κ3) is 4.53. The van der Waals surface area contributed by atoms with Crippen LogP contribution in [0.25, 0.3) is 34.0 Å². The molecule has 0 N–H and O–H groups in total. The average Bonchev–Trinajstić information content (AvgIpc) is 3.24. The van der Waals surface area contributed by atoms with Crippen molar-refractivity contribution in [3.63, 3.8) is 0 Å². The van der Waals surface area contributed by atoms with Crippen LogP contribution in [-0.4, -0.2) is 9.55 Å². The number of benzene rings is 3. The molecule has 0 saturated carbocycles. The summed E-state index contributed by atoms with van der Waals surface area (Å²) in [5.74, 6) is -0.119. The number of aromatic nitrogens is 2. The highest BCUT2D eigenvalue weighted by Gasteiger charge is 2.08. The van der Waals surface area contributed by atoms with Crippen molar-refractivity contribution in [2.75, 3.05) is 0 Å². The molecule has 0 radical (unpaired) electrons. The molecule has 0 bridgehead atoms. The number of fused-ring (bicyclic) bond motifs is 2. The van der Waals surface area contributed by atoms with Gasteiger partial charge in [0.25, 0.3) is 0 Å². The van der Waals surface area contributed by atoms with Gasteiger partial charge in [-0.05, 0) is 71.5 Å². The summed E-state index contributed by atoms with van der Waals surface area (Å²) >= 11 is 6.11. The zero-order valence-electron chi connectivity index (χ0n) is 18.2. The van der Waals surface area contributed by atoms with Crippen LogP contribution in [0, 0.1) is 11.3 Å². The molecule has 3 nitrogen and oxygen atoms in total. The minimum atomic E-state index is -0.119. The lowest BCUT2D eigenvalue weighted by Crippen LogP contribution is -1.99. The number of hydrogen-bond acceptors (Lipinski definition) is 2. The van der Waals surface area contributed by atoms with Crippen molar-refractivity contribution in [1.82, 2.24) is 9.55 Å². The highest BCUT2D eigenvalue weighted by Crippen LogP contribution is 2.24. The van der Waals surface area contributed by atoms with E-state index in [9.17, 15) is 5.26 Å². The van der Waals surface area contributed by atoms with Gasteiger partial charge in [0.05, 0.1) is 23.2 Å². The first-order valence-corrected chi connectivity index (χ1v) is 11.3. The van der Waals surface area contributed by atoms with Crippen molar-refractivity contribution >= 4 is 45.6 Å². The number of rotatable bonds is 5. The summed E-state index contributed by atoms with van der Waals surface area (Å²) in [5.41, 5.74) is 6.32. The molecule has 4 heteroatoms. The first-order chi connectivity index (χ1) is 16.1. The van der Waals surface area contributed by atoms with Gasteiger partial charge in [0.15, 0.2) is 0 Å². The largest absolute Gasteiger partial charge is 0.343 e. The van der Waals surface area contributed by atoms with E-state index in [2.05, 4.69) is 71.4 Å². The Morgan fingerprint density at radius 1 is 0.970 bits per heavy atom. The fraction of sp³-hybridized carbons (Fsp3) is 0.103. The smallest absolute Gasteiger partial charge is 0.0724 e. The summed E-state index contributed by atoms with van der Waals surface area (Å²) < 4.78 is 2.24. The summed E-state index contributed by atoms with van der Waals surface area (Å²) in [7, 11) is 0. The molecule has 3 aromatic carbocycles. The van der Waals surface area contributed by atoms with Gasteiger partial charge in [0, 0.05) is 28.7 Å². The van der Waals surface area contributed by atoms with E-state index in [0.29, 0.717) is 5.02 Å². The number of halogens is 1. The van der Waals surface area contributed by atoms with E-state index in [4.69, 9.17) is 16.6 Å². The second kappa shape index (κ2) is 8.94. The molecule has 0 aliphatic rings. The van der Waals surface area contributed by atoms with Crippen LogP contribution in [-0.2, 0) is 6.54 Å². The highest BCUT2D eigenvalue weighted by atomic mass is 35.5. The Morgan fingerprint density at radius 2 is 1.82 bits per heavy atom. The number of hydrogen-bond donors (Lipinski definition) is 0. The maximum absolute atomic E-state index is 9.27. The molecule has 0 saturated heterocycles. The van der Waals surface area contributed by atoms with E-state index in [1.807, 2.05) is 43.3 Å². The molecule has 5 rings (SSSR count). The second-order valence-corrected chi connectivity index (χ2v) is 8.70. The lowest BCUT2D eigenvalue weighted by molar-refractivity contribution is 0.835. The molecule has 5 aromatic rings. The minimum Gasteiger partial charge on any atom is -0.343 e. The molecule has 0 fully saturated rings. The van der Waals surface area contributed by atoms with E-state index < -0.39 is 0 Å². The van der Waals surface area contributed by atoms with E-state index in [0.717, 1.165) is 39.8 Å². The molecular weight excluding hydrogens is 426 g/mol. The molecule has 0 spiro atoms. The van der Waals surface area contributed by atoms with Gasteiger partial charge in [-0.1, -0.05) is 60.1 Å². The lowest BCUT2D eigenvalue weighted by atomic mass is 10.0. The quantitative estimate of drug-likeness (QED) is 0.277. The Hall–Kier alpha value is -3.87. The third-order valence-electron chi connectivity index (χ3n) is 5.92. The molecule has 0 amide bonds. The third-order valence-corrected chi connectivity index (χ3v) is 6.15. The molecule has 1 atom stereocenters. The molecule has 0 aliphatic carbocycles. The predicted molar refractivity (Wildman–Crippen MR) is 137 cm³/mol. The molecule has 0 aliphatic heterocycles. The van der Waals surface area contributed by atoms with Crippen LogP contribution in [0.1, 0.15) is 35.2 Å². The monoisotopic (exact) mass is 447 g/mol. The summed E-state index contributed by atoms with van der Waals surface area (Å²) in [6.45, 7) is 2.70. The van der Waals surface area contributed by atoms with Gasteiger partial charge in [-0.3, -0.25) is 0 Å². The van der Waals surface area contributed by atoms with Gasteiger partial charge in [0.2, 0.25) is 0 Å². The van der Waals surface area contributed by atoms with Crippen LogP contribution < -0.4 is 0 Å². The Balaban J connectivity index is 1.39. The predicted octanol–water partition coefficient (Wildman–Crippen LogP) is 7.69. The number of nitriles is 1. The lowest BCUT2D eigenvalue weighted by Gasteiger charge is -2.09. The Morgan fingerprint density at radius 3 is 2.70 bits per heavy atom. The first kappa shape index (κ1) is 21.0. The van der Waals surface area contributed by atoms with Crippen molar-refractivity contribution in [3.8, 4) is 6.07 Å². The van der Waals surface area contributed by atoms with Crippen LogP contribution >= 0.6 is 11.6 Å². The van der Waals surface area contributed by atoms with E-state index >= 15 is 0 Å². The molecule has 33 heavy (non-hydrogen) atoms. The van der Waals surface area contributed by atoms with Gasteiger partial charge >= 0.3 is 0 Å². The van der Waals surface area contributed by atoms with E-state index in [1.54, 1.807) is 0 Å². The molecule has 1 unspecified atom stereocenters. The molecular formula is C29H22ClN3. The summed E-state index contributed by atoms with van der Waals surface area (Å²) in [5, 5.41) is 12.2. The highest BCUT2D eigenvalue weighted by molar-refractivity contribution is 6.31. The topological polar surface area (TPSA) is 41.6 Å². The fourth-order valence-corrected chi connectivity index (χ4v) is 4.22. The average molecular weight is 448 g/mol. The van der Waals surface area contributed by atoms with Gasteiger partial charge < -0.3 is 4.57 Å². The van der Waals surface area contributed by atoms with Crippen LogP contribution in [0.3, 0.4) is 0 Å². The molecule has 160 valence electrons. The van der Waals surface area contributed by atoms with Crippen molar-refractivity contribution < 1.29 is 0 Å². The van der Waals surface area contributed by atoms with Crippen LogP contribution in [0.15, 0.2) is 85.1 Å². The standard InChI is InChI=1S/C29H22ClN3/c1-20(18-31)25-7-6-24-13-14-33(29(24)16-25)19-22-4-2-3-21(15-22)5-11-27-12-9-23-8-10-26(30)17-28(23)32-27/h2-17,20H,19H2,1H3/b11-5+. The fourth-order valence-electron chi connectivity index (χ4n) is 4.06. The van der Waals surface area contributed by atoms with Crippen molar-refractivity contribution in [1.29, 1.82) is 5.26 Å². The Labute approximate surface area is 198 Å². The van der Waals surface area contributed by atoms with Gasteiger partial charge in [-0.25, -0.2) is 4.98 Å². The van der Waals surface area contributed by atoms with Crippen LogP contribution in [0.2, 0.25) is 5.02 Å². The molecule has 2 heterocycles. The summed E-state index contributed by atoms with van der Waals surface area (Å²) in [6.07, 6.45) is 6.22. The van der Waals surface area contributed by atoms with Crippen LogP contribution in [0.5, 0.6) is 0 Å². The van der Waals surface area contributed by atoms with E-state index in [1.165, 1.54) is 10.9 Å². The zero-order chi connectivity index (χ0) is 22.8. The molecule has 2 aromatic heterocycles. The Kier molecular flexibility index (Phi) is 5.69. The van der Waals surface area contributed by atoms with Crippen molar-refractivity contribution in [3.05, 3.63) is 112 Å². The van der Waals surface area contributed by atoms with Crippen LogP contribution in [0.4, 0.5) is 0 Å². The summed E-state index contributed by atoms with van der Waals surface area (Å²) in [6, 6.07) is 29.1. The maximum atomic E-state index is 9.27. The van der Waals surface area contributed by atoms with Crippen molar-refractivity contribution in [2.45, 2.75) is 19.4 Å².